The number of hydrogen-bond acceptors (Lipinski definition) is 3. The highest BCUT2D eigenvalue weighted by Crippen LogP contribution is 2.30. The van der Waals surface area contributed by atoms with Gasteiger partial charge in [-0.2, -0.15) is 0 Å². The summed E-state index contributed by atoms with van der Waals surface area (Å²) in [6.07, 6.45) is 2.23. The number of fused-ring (bicyclic) bond motifs is 1. The van der Waals surface area contributed by atoms with E-state index in [-0.39, 0.29) is 6.10 Å². The zero-order chi connectivity index (χ0) is 13.1. The summed E-state index contributed by atoms with van der Waals surface area (Å²) in [6.45, 7) is 2.98. The highest BCUT2D eigenvalue weighted by molar-refractivity contribution is 5.89. The van der Waals surface area contributed by atoms with Crippen molar-refractivity contribution in [2.45, 2.75) is 38.8 Å². The third-order valence-electron chi connectivity index (χ3n) is 2.92. The molecule has 0 N–H and O–H groups in total. The summed E-state index contributed by atoms with van der Waals surface area (Å²) in [5.74, 6) is 0. The van der Waals surface area contributed by atoms with Crippen LogP contribution in [-0.2, 0) is 11.2 Å². The van der Waals surface area contributed by atoms with Crippen molar-refractivity contribution in [1.29, 1.82) is 0 Å². The van der Waals surface area contributed by atoms with Crippen molar-refractivity contribution in [2.24, 2.45) is 0 Å². The number of halogens is 1. The highest BCUT2D eigenvalue weighted by atomic mass is 19.1. The molecular formula is C13H17FN2O2. The van der Waals surface area contributed by atoms with Gasteiger partial charge in [0, 0.05) is 6.20 Å². The number of amides is 1. The van der Waals surface area contributed by atoms with Crippen LogP contribution in [0, 0.1) is 0 Å². The molecule has 0 saturated heterocycles. The van der Waals surface area contributed by atoms with Crippen LogP contribution < -0.4 is 4.90 Å². The average molecular weight is 252 g/mol. The molecule has 0 fully saturated rings. The van der Waals surface area contributed by atoms with Gasteiger partial charge in [0.05, 0.1) is 23.5 Å². The highest BCUT2D eigenvalue weighted by Gasteiger charge is 2.33. The number of pyridine rings is 1. The van der Waals surface area contributed by atoms with Crippen LogP contribution in [0.2, 0.25) is 0 Å². The lowest BCUT2D eigenvalue weighted by Crippen LogP contribution is -2.46. The van der Waals surface area contributed by atoms with Crippen LogP contribution in [0.5, 0.6) is 0 Å². The number of anilines is 1. The molecule has 1 aliphatic rings. The fourth-order valence-electron chi connectivity index (χ4n) is 2.12. The number of rotatable bonds is 2. The lowest BCUT2D eigenvalue weighted by atomic mass is 10.0. The van der Waals surface area contributed by atoms with Crippen molar-refractivity contribution in [1.82, 2.24) is 4.98 Å². The predicted molar refractivity (Wildman–Crippen MR) is 66.4 cm³/mol. The molecule has 1 unspecified atom stereocenters. The smallest absolute Gasteiger partial charge is 0.414 e. The van der Waals surface area contributed by atoms with Gasteiger partial charge in [0.25, 0.3) is 0 Å². The molecule has 5 heteroatoms. The molecule has 0 bridgehead atoms. The number of carbonyl (C=O) groups is 1. The molecule has 0 saturated carbocycles. The first-order chi connectivity index (χ1) is 8.63. The second-order valence-electron chi connectivity index (χ2n) is 4.62. The van der Waals surface area contributed by atoms with E-state index in [1.165, 1.54) is 4.90 Å². The first-order valence-corrected chi connectivity index (χ1v) is 6.13. The second-order valence-corrected chi connectivity index (χ2v) is 4.62. The van der Waals surface area contributed by atoms with Gasteiger partial charge in [-0.05, 0) is 38.8 Å². The van der Waals surface area contributed by atoms with Gasteiger partial charge < -0.3 is 4.74 Å². The molecule has 1 atom stereocenters. The summed E-state index contributed by atoms with van der Waals surface area (Å²) >= 11 is 0. The number of aromatic nitrogens is 1. The Kier molecular flexibility index (Phi) is 3.79. The molecule has 1 aliphatic heterocycles. The Hall–Kier alpha value is -1.65. The molecule has 4 nitrogen and oxygen atoms in total. The number of hydrogen-bond donors (Lipinski definition) is 0. The first-order valence-electron chi connectivity index (χ1n) is 6.13. The SMILES string of the molecule is CC(C)OC(=O)N1c2cccnc2CCC1CF. The summed E-state index contributed by atoms with van der Waals surface area (Å²) < 4.78 is 18.2. The third-order valence-corrected chi connectivity index (χ3v) is 2.92. The van der Waals surface area contributed by atoms with E-state index in [2.05, 4.69) is 4.98 Å². The van der Waals surface area contributed by atoms with E-state index in [4.69, 9.17) is 4.74 Å². The number of ether oxygens (including phenoxy) is 1. The van der Waals surface area contributed by atoms with E-state index >= 15 is 0 Å². The van der Waals surface area contributed by atoms with Crippen LogP contribution in [0.15, 0.2) is 18.3 Å². The largest absolute Gasteiger partial charge is 0.446 e. The van der Waals surface area contributed by atoms with E-state index in [1.807, 2.05) is 0 Å². The molecular weight excluding hydrogens is 235 g/mol. The average Bonchev–Trinajstić information content (AvgIpc) is 2.36. The standard InChI is InChI=1S/C13H17FN2O2/c1-9(2)18-13(17)16-10(8-14)5-6-11-12(16)4-3-7-15-11/h3-4,7,9-10H,5-6,8H2,1-2H3. The van der Waals surface area contributed by atoms with Crippen molar-refractivity contribution < 1.29 is 13.9 Å². The maximum atomic E-state index is 13.1. The summed E-state index contributed by atoms with van der Waals surface area (Å²) in [4.78, 5) is 17.7. The van der Waals surface area contributed by atoms with Crippen molar-refractivity contribution in [3.05, 3.63) is 24.0 Å². The Morgan fingerprint density at radius 2 is 2.44 bits per heavy atom. The van der Waals surface area contributed by atoms with E-state index < -0.39 is 18.8 Å². The van der Waals surface area contributed by atoms with Crippen molar-refractivity contribution in [3.63, 3.8) is 0 Å². The van der Waals surface area contributed by atoms with Crippen LogP contribution in [0.25, 0.3) is 0 Å². The van der Waals surface area contributed by atoms with Crippen LogP contribution in [-0.4, -0.2) is 29.9 Å². The van der Waals surface area contributed by atoms with E-state index in [9.17, 15) is 9.18 Å². The van der Waals surface area contributed by atoms with Gasteiger partial charge >= 0.3 is 6.09 Å². The van der Waals surface area contributed by atoms with Gasteiger partial charge in [-0.25, -0.2) is 9.18 Å². The summed E-state index contributed by atoms with van der Waals surface area (Å²) in [5, 5.41) is 0. The minimum absolute atomic E-state index is 0.222. The fourth-order valence-corrected chi connectivity index (χ4v) is 2.12. The number of nitrogens with zero attached hydrogens (tertiary/aromatic N) is 2. The Bertz CT molecular complexity index is 437. The molecule has 1 aromatic rings. The molecule has 0 spiro atoms. The zero-order valence-electron chi connectivity index (χ0n) is 10.6. The zero-order valence-corrected chi connectivity index (χ0v) is 10.6. The van der Waals surface area contributed by atoms with Crippen LogP contribution in [0.4, 0.5) is 14.9 Å². The van der Waals surface area contributed by atoms with Gasteiger partial charge in [-0.1, -0.05) is 0 Å². The minimum atomic E-state index is -0.568. The quantitative estimate of drug-likeness (QED) is 0.812. The van der Waals surface area contributed by atoms with Gasteiger partial charge in [0.1, 0.15) is 6.67 Å². The number of carbonyl (C=O) groups excluding carboxylic acids is 1. The van der Waals surface area contributed by atoms with Crippen LogP contribution in [0.3, 0.4) is 0 Å². The maximum absolute atomic E-state index is 13.1. The van der Waals surface area contributed by atoms with Crippen LogP contribution >= 0.6 is 0 Å². The molecule has 0 radical (unpaired) electrons. The molecule has 2 rings (SSSR count). The molecule has 2 heterocycles. The Morgan fingerprint density at radius 3 is 3.11 bits per heavy atom. The molecule has 0 aliphatic carbocycles. The lowest BCUT2D eigenvalue weighted by Gasteiger charge is -2.34. The normalized spacial score (nSPS) is 18.7. The molecule has 1 aromatic heterocycles. The van der Waals surface area contributed by atoms with E-state index in [0.29, 0.717) is 18.5 Å². The molecule has 18 heavy (non-hydrogen) atoms. The summed E-state index contributed by atoms with van der Waals surface area (Å²) in [6, 6.07) is 3.08. The van der Waals surface area contributed by atoms with Crippen molar-refractivity contribution >= 4 is 11.8 Å². The first kappa shape index (κ1) is 12.8. The van der Waals surface area contributed by atoms with Gasteiger partial charge in [0.2, 0.25) is 0 Å². The minimum Gasteiger partial charge on any atom is -0.446 e. The van der Waals surface area contributed by atoms with Crippen molar-refractivity contribution in [3.8, 4) is 0 Å². The topological polar surface area (TPSA) is 42.4 Å². The molecule has 98 valence electrons. The van der Waals surface area contributed by atoms with Gasteiger partial charge in [-0.15, -0.1) is 0 Å². The Balaban J connectivity index is 2.31. The van der Waals surface area contributed by atoms with Gasteiger partial charge in [-0.3, -0.25) is 9.88 Å². The summed E-state index contributed by atoms with van der Waals surface area (Å²) in [7, 11) is 0. The Labute approximate surface area is 106 Å². The lowest BCUT2D eigenvalue weighted by molar-refractivity contribution is 0.118. The van der Waals surface area contributed by atoms with E-state index in [0.717, 1.165) is 5.69 Å². The summed E-state index contributed by atoms with van der Waals surface area (Å²) in [5.41, 5.74) is 1.49. The van der Waals surface area contributed by atoms with Gasteiger partial charge in [0.15, 0.2) is 0 Å². The molecule has 0 aromatic carbocycles. The third kappa shape index (κ3) is 2.44. The fraction of sp³-hybridized carbons (Fsp3) is 0.538. The molecule has 1 amide bonds. The number of alkyl halides is 1. The maximum Gasteiger partial charge on any atom is 0.414 e. The van der Waals surface area contributed by atoms with Crippen molar-refractivity contribution in [2.75, 3.05) is 11.6 Å². The Morgan fingerprint density at radius 1 is 1.67 bits per heavy atom. The second kappa shape index (κ2) is 5.33. The van der Waals surface area contributed by atoms with E-state index in [1.54, 1.807) is 32.2 Å². The van der Waals surface area contributed by atoms with Crippen LogP contribution in [0.1, 0.15) is 26.0 Å². The monoisotopic (exact) mass is 252 g/mol. The number of aryl methyl sites for hydroxylation is 1. The predicted octanol–water partition coefficient (Wildman–Crippen LogP) is 2.72.